The number of carbonyl (C=O) groups excluding carboxylic acids is 2. The van der Waals surface area contributed by atoms with Crippen LogP contribution in [-0.2, 0) is 0 Å². The number of methoxy groups -OCH3 is 2. The van der Waals surface area contributed by atoms with E-state index < -0.39 is 5.91 Å². The average molecular weight is 403 g/mol. The number of phenols is 1. The molecule has 0 saturated carbocycles. The molecule has 0 saturated heterocycles. The first kappa shape index (κ1) is 21.5. The van der Waals surface area contributed by atoms with E-state index in [0.29, 0.717) is 24.6 Å². The number of aromatic nitrogens is 1. The van der Waals surface area contributed by atoms with E-state index in [1.165, 1.54) is 31.7 Å². The minimum Gasteiger partial charge on any atom is -0.507 e. The number of carbonyl (C=O) groups is 2. The van der Waals surface area contributed by atoms with Crippen LogP contribution in [0, 0.1) is 0 Å². The number of nitrogens with two attached hydrogens (primary N) is 1. The molecule has 1 heterocycles. The quantitative estimate of drug-likeness (QED) is 0.546. The molecule has 0 unspecified atom stereocenters. The van der Waals surface area contributed by atoms with Gasteiger partial charge < -0.3 is 25.6 Å². The van der Waals surface area contributed by atoms with Crippen LogP contribution in [0.5, 0.6) is 17.2 Å². The van der Waals surface area contributed by atoms with Crippen molar-refractivity contribution < 1.29 is 24.2 Å². The highest BCUT2D eigenvalue weighted by atomic mass is 35.5. The number of nitrogens with zero attached hydrogens (tertiary/aromatic N) is 1. The maximum absolute atomic E-state index is 12.3. The van der Waals surface area contributed by atoms with E-state index in [1.807, 2.05) is 0 Å². The predicted molar refractivity (Wildman–Crippen MR) is 99.9 cm³/mol. The minimum atomic E-state index is -0.596. The number of rotatable bonds is 7. The molecule has 2 rings (SSSR count). The summed E-state index contributed by atoms with van der Waals surface area (Å²) in [5.41, 5.74) is 5.48. The largest absolute Gasteiger partial charge is 0.507 e. The molecule has 1 aromatic heterocycles. The second-order valence-corrected chi connectivity index (χ2v) is 5.62. The average Bonchev–Trinajstić information content (AvgIpc) is 3.07. The summed E-state index contributed by atoms with van der Waals surface area (Å²) >= 11 is 1.09. The number of halogens is 1. The normalized spacial score (nSPS) is 9.81. The lowest BCUT2D eigenvalue weighted by molar-refractivity contribution is 0.0948. The van der Waals surface area contributed by atoms with E-state index in [9.17, 15) is 14.7 Å². The zero-order valence-electron chi connectivity index (χ0n) is 14.1. The van der Waals surface area contributed by atoms with Crippen LogP contribution < -0.4 is 25.8 Å². The summed E-state index contributed by atoms with van der Waals surface area (Å²) in [5, 5.41) is 16.8. The van der Waals surface area contributed by atoms with Crippen LogP contribution in [-0.4, -0.2) is 49.2 Å². The lowest BCUT2D eigenvalue weighted by Gasteiger charge is -2.11. The summed E-state index contributed by atoms with van der Waals surface area (Å²) in [6.45, 7) is 0.648. The second kappa shape index (κ2) is 9.80. The first-order chi connectivity index (χ1) is 12.0. The van der Waals surface area contributed by atoms with Gasteiger partial charge in [-0.2, -0.15) is 0 Å². The molecule has 0 bridgehead atoms. The Bertz CT molecular complexity index is 783. The van der Waals surface area contributed by atoms with E-state index >= 15 is 0 Å². The Morgan fingerprint density at radius 2 is 1.88 bits per heavy atom. The molecule has 0 aliphatic carbocycles. The predicted octanol–water partition coefficient (Wildman–Crippen LogP) is 1.23. The van der Waals surface area contributed by atoms with Crippen molar-refractivity contribution in [2.75, 3.05) is 32.6 Å². The summed E-state index contributed by atoms with van der Waals surface area (Å²) in [6, 6.07) is 2.63. The number of aromatic hydroxyl groups is 1. The van der Waals surface area contributed by atoms with Gasteiger partial charge >= 0.3 is 0 Å². The zero-order valence-corrected chi connectivity index (χ0v) is 15.7. The van der Waals surface area contributed by atoms with Crippen molar-refractivity contribution >= 4 is 40.7 Å². The Kier molecular flexibility index (Phi) is 8.10. The van der Waals surface area contributed by atoms with Crippen molar-refractivity contribution in [3.05, 3.63) is 28.8 Å². The third kappa shape index (κ3) is 4.97. The van der Waals surface area contributed by atoms with Crippen molar-refractivity contribution in [2.45, 2.75) is 0 Å². The van der Waals surface area contributed by atoms with Crippen LogP contribution in [0.3, 0.4) is 0 Å². The topological polar surface area (TPSA) is 136 Å². The maximum atomic E-state index is 12.3. The van der Waals surface area contributed by atoms with Gasteiger partial charge in [-0.1, -0.05) is 0 Å². The first-order valence-electron chi connectivity index (χ1n) is 7.20. The van der Waals surface area contributed by atoms with Crippen molar-refractivity contribution in [1.29, 1.82) is 0 Å². The van der Waals surface area contributed by atoms with E-state index in [-0.39, 0.29) is 40.5 Å². The summed E-state index contributed by atoms with van der Waals surface area (Å²) in [7, 11) is 2.84. The van der Waals surface area contributed by atoms with Gasteiger partial charge in [0, 0.05) is 30.6 Å². The molecule has 2 aromatic rings. The highest BCUT2D eigenvalue weighted by molar-refractivity contribution is 7.14. The summed E-state index contributed by atoms with van der Waals surface area (Å²) in [5.74, 6) is -0.651. The first-order valence-corrected chi connectivity index (χ1v) is 8.08. The summed E-state index contributed by atoms with van der Waals surface area (Å²) < 4.78 is 10.2. The molecular formula is C15H19ClN4O5S. The lowest BCUT2D eigenvalue weighted by atomic mass is 10.1. The third-order valence-electron chi connectivity index (χ3n) is 3.13. The SMILES string of the molecule is COc1cc(O)c(C(=O)Nc2nc(C(=O)NCCN)cs2)cc1OC.Cl. The van der Waals surface area contributed by atoms with E-state index in [4.69, 9.17) is 15.2 Å². The fraction of sp³-hybridized carbons (Fsp3) is 0.267. The van der Waals surface area contributed by atoms with E-state index in [1.54, 1.807) is 0 Å². The van der Waals surface area contributed by atoms with Gasteiger partial charge in [-0.25, -0.2) is 4.98 Å². The molecule has 0 atom stereocenters. The highest BCUT2D eigenvalue weighted by Crippen LogP contribution is 2.34. The second-order valence-electron chi connectivity index (χ2n) is 4.76. The van der Waals surface area contributed by atoms with E-state index in [0.717, 1.165) is 11.3 Å². The summed E-state index contributed by atoms with van der Waals surface area (Å²) in [4.78, 5) is 28.1. The van der Waals surface area contributed by atoms with Gasteiger partial charge in [-0.05, 0) is 0 Å². The van der Waals surface area contributed by atoms with Gasteiger partial charge in [0.2, 0.25) is 0 Å². The number of ether oxygens (including phenoxy) is 2. The number of hydrogen-bond acceptors (Lipinski definition) is 8. The molecular weight excluding hydrogens is 384 g/mol. The third-order valence-corrected chi connectivity index (χ3v) is 3.89. The molecule has 0 aliphatic heterocycles. The smallest absolute Gasteiger partial charge is 0.270 e. The number of thiazole rings is 1. The van der Waals surface area contributed by atoms with Gasteiger partial charge in [0.05, 0.1) is 19.8 Å². The maximum Gasteiger partial charge on any atom is 0.270 e. The number of hydrogen-bond donors (Lipinski definition) is 4. The van der Waals surface area contributed by atoms with Crippen molar-refractivity contribution in [1.82, 2.24) is 10.3 Å². The standard InChI is InChI=1S/C15H18N4O5S.ClH/c1-23-11-5-8(10(20)6-12(11)24-2)13(21)19-15-18-9(7-25-15)14(22)17-4-3-16;/h5-7,20H,3-4,16H2,1-2H3,(H,17,22)(H,18,19,21);1H. The Labute approximate surface area is 159 Å². The number of anilines is 1. The molecule has 2 amide bonds. The van der Waals surface area contributed by atoms with Gasteiger partial charge in [-0.15, -0.1) is 23.7 Å². The number of amides is 2. The molecule has 11 heteroatoms. The Morgan fingerprint density at radius 1 is 1.23 bits per heavy atom. The van der Waals surface area contributed by atoms with Crippen molar-refractivity contribution in [2.24, 2.45) is 5.73 Å². The number of nitrogens with one attached hydrogen (secondary N) is 2. The molecule has 1 aromatic carbocycles. The van der Waals surface area contributed by atoms with Crippen LogP contribution in [0.25, 0.3) is 0 Å². The number of benzene rings is 1. The fourth-order valence-corrected chi connectivity index (χ4v) is 2.61. The van der Waals surface area contributed by atoms with Gasteiger partial charge in [0.25, 0.3) is 11.8 Å². The van der Waals surface area contributed by atoms with Crippen LogP contribution in [0.15, 0.2) is 17.5 Å². The minimum absolute atomic E-state index is 0. The molecule has 9 nitrogen and oxygen atoms in total. The van der Waals surface area contributed by atoms with Gasteiger partial charge in [0.15, 0.2) is 16.6 Å². The van der Waals surface area contributed by atoms with E-state index in [2.05, 4.69) is 15.6 Å². The van der Waals surface area contributed by atoms with Crippen LogP contribution >= 0.6 is 23.7 Å². The molecule has 0 spiro atoms. The molecule has 142 valence electrons. The van der Waals surface area contributed by atoms with Crippen LogP contribution in [0.2, 0.25) is 0 Å². The van der Waals surface area contributed by atoms with Gasteiger partial charge in [0.1, 0.15) is 11.4 Å². The summed E-state index contributed by atoms with van der Waals surface area (Å²) in [6.07, 6.45) is 0. The Balaban J connectivity index is 0.00000338. The molecule has 5 N–H and O–H groups in total. The lowest BCUT2D eigenvalue weighted by Crippen LogP contribution is -2.29. The van der Waals surface area contributed by atoms with Crippen LogP contribution in [0.4, 0.5) is 5.13 Å². The highest BCUT2D eigenvalue weighted by Gasteiger charge is 2.18. The van der Waals surface area contributed by atoms with Crippen molar-refractivity contribution in [3.8, 4) is 17.2 Å². The Hall–Kier alpha value is -2.56. The monoisotopic (exact) mass is 402 g/mol. The fourth-order valence-electron chi connectivity index (χ4n) is 1.93. The molecule has 26 heavy (non-hydrogen) atoms. The van der Waals surface area contributed by atoms with Gasteiger partial charge in [-0.3, -0.25) is 14.9 Å². The Morgan fingerprint density at radius 3 is 2.50 bits per heavy atom. The molecule has 0 fully saturated rings. The zero-order chi connectivity index (χ0) is 18.4. The molecule has 0 radical (unpaired) electrons. The molecule has 0 aliphatic rings. The number of phenolic OH excluding ortho intramolecular Hbond substituents is 1. The van der Waals surface area contributed by atoms with Crippen LogP contribution in [0.1, 0.15) is 20.8 Å². The van der Waals surface area contributed by atoms with Crippen molar-refractivity contribution in [3.63, 3.8) is 0 Å².